The van der Waals surface area contributed by atoms with Crippen LogP contribution in [0.15, 0.2) is 42.6 Å². The molecule has 4 rings (SSSR count). The Hall–Kier alpha value is -3.15. The van der Waals surface area contributed by atoms with E-state index in [9.17, 15) is 20.0 Å². The predicted octanol–water partition coefficient (Wildman–Crippen LogP) is 3.52. The number of nitriles is 1. The third-order valence-corrected chi connectivity index (χ3v) is 7.36. The van der Waals surface area contributed by atoms with Crippen molar-refractivity contribution in [2.45, 2.75) is 31.2 Å². The topological polar surface area (TPSA) is 110 Å². The molecule has 3 heterocycles. The van der Waals surface area contributed by atoms with Gasteiger partial charge in [0, 0.05) is 55.8 Å². The highest BCUT2D eigenvalue weighted by molar-refractivity contribution is 6.30. The Kier molecular flexibility index (Phi) is 7.05. The lowest BCUT2D eigenvalue weighted by molar-refractivity contribution is -0.135. The van der Waals surface area contributed by atoms with Gasteiger partial charge < -0.3 is 15.3 Å². The molecule has 2 fully saturated rings. The minimum Gasteiger partial charge on any atom is -0.465 e. The van der Waals surface area contributed by atoms with E-state index >= 15 is 0 Å². The molecule has 2 N–H and O–H groups in total. The lowest BCUT2D eigenvalue weighted by Crippen LogP contribution is -2.63. The third-order valence-electron chi connectivity index (χ3n) is 7.11. The molecule has 34 heavy (non-hydrogen) atoms. The van der Waals surface area contributed by atoms with Gasteiger partial charge in [-0.25, -0.2) is 9.78 Å². The molecule has 2 aromatic rings. The van der Waals surface area contributed by atoms with Crippen LogP contribution in [0.4, 0.5) is 10.6 Å². The zero-order valence-electron chi connectivity index (χ0n) is 19.1. The maximum Gasteiger partial charge on any atom is 0.408 e. The van der Waals surface area contributed by atoms with Gasteiger partial charge >= 0.3 is 6.09 Å². The fraction of sp³-hybridized carbons (Fsp3) is 0.440. The SMILES string of the molecule is CCN(C(=O)O)[C@]1(C(=O)C2CCN(c3cc(C#N)ccn3)CC2)CNC[C@H]1c1ccc(Cl)cc1. The second-order valence-electron chi connectivity index (χ2n) is 8.83. The highest BCUT2D eigenvalue weighted by atomic mass is 35.5. The smallest absolute Gasteiger partial charge is 0.408 e. The molecule has 2 aliphatic rings. The quantitative estimate of drug-likeness (QED) is 0.649. The molecule has 0 radical (unpaired) electrons. The predicted molar refractivity (Wildman–Crippen MR) is 129 cm³/mol. The van der Waals surface area contributed by atoms with Crippen molar-refractivity contribution in [3.05, 3.63) is 58.7 Å². The number of amides is 1. The van der Waals surface area contributed by atoms with Crippen LogP contribution in [0.3, 0.4) is 0 Å². The Bertz CT molecular complexity index is 1090. The number of Topliss-reactive ketones (excluding diaryl/α,β-unsaturated/α-hetero) is 1. The van der Waals surface area contributed by atoms with Crippen molar-refractivity contribution in [2.24, 2.45) is 5.92 Å². The number of rotatable bonds is 6. The molecule has 0 bridgehead atoms. The third kappa shape index (κ3) is 4.33. The summed E-state index contributed by atoms with van der Waals surface area (Å²) in [7, 11) is 0. The average molecular weight is 482 g/mol. The molecule has 1 amide bonds. The van der Waals surface area contributed by atoms with Crippen molar-refractivity contribution >= 4 is 29.3 Å². The molecular weight excluding hydrogens is 454 g/mol. The van der Waals surface area contributed by atoms with Crippen LogP contribution in [0.1, 0.15) is 36.8 Å². The second-order valence-corrected chi connectivity index (χ2v) is 9.26. The number of hydrogen-bond acceptors (Lipinski definition) is 6. The van der Waals surface area contributed by atoms with Crippen molar-refractivity contribution in [3.63, 3.8) is 0 Å². The highest BCUT2D eigenvalue weighted by Crippen LogP contribution is 2.41. The lowest BCUT2D eigenvalue weighted by Gasteiger charge is -2.45. The first kappa shape index (κ1) is 24.0. The number of benzene rings is 1. The van der Waals surface area contributed by atoms with Crippen LogP contribution >= 0.6 is 11.6 Å². The summed E-state index contributed by atoms with van der Waals surface area (Å²) in [5, 5.41) is 23.1. The number of pyridine rings is 1. The molecule has 0 unspecified atom stereocenters. The summed E-state index contributed by atoms with van der Waals surface area (Å²) in [5.41, 5.74) is 0.266. The Labute approximate surface area is 204 Å². The van der Waals surface area contributed by atoms with E-state index in [-0.39, 0.29) is 30.7 Å². The Morgan fingerprint density at radius 1 is 1.29 bits per heavy atom. The summed E-state index contributed by atoms with van der Waals surface area (Å²) in [6, 6.07) is 12.9. The van der Waals surface area contributed by atoms with Gasteiger partial charge in [0.2, 0.25) is 0 Å². The van der Waals surface area contributed by atoms with E-state index in [1.165, 1.54) is 4.90 Å². The van der Waals surface area contributed by atoms with Crippen LogP contribution in [0.5, 0.6) is 0 Å². The zero-order valence-corrected chi connectivity index (χ0v) is 19.8. The summed E-state index contributed by atoms with van der Waals surface area (Å²) >= 11 is 6.08. The molecule has 178 valence electrons. The first-order valence-electron chi connectivity index (χ1n) is 11.5. The van der Waals surface area contributed by atoms with Crippen molar-refractivity contribution in [1.82, 2.24) is 15.2 Å². The number of anilines is 1. The van der Waals surface area contributed by atoms with E-state index in [2.05, 4.69) is 21.3 Å². The molecule has 9 heteroatoms. The number of ketones is 1. The van der Waals surface area contributed by atoms with Crippen LogP contribution in [-0.2, 0) is 4.79 Å². The van der Waals surface area contributed by atoms with E-state index in [0.29, 0.717) is 43.1 Å². The van der Waals surface area contributed by atoms with Crippen molar-refractivity contribution < 1.29 is 14.7 Å². The van der Waals surface area contributed by atoms with Crippen LogP contribution in [-0.4, -0.2) is 65.1 Å². The number of hydrogen-bond donors (Lipinski definition) is 2. The van der Waals surface area contributed by atoms with Gasteiger partial charge in [0.15, 0.2) is 5.78 Å². The van der Waals surface area contributed by atoms with Crippen LogP contribution in [0.25, 0.3) is 0 Å². The van der Waals surface area contributed by atoms with Gasteiger partial charge in [0.1, 0.15) is 11.4 Å². The van der Waals surface area contributed by atoms with Gasteiger partial charge in [0.25, 0.3) is 0 Å². The summed E-state index contributed by atoms with van der Waals surface area (Å²) in [5.74, 6) is 0.126. The highest BCUT2D eigenvalue weighted by Gasteiger charge is 2.56. The fourth-order valence-corrected chi connectivity index (χ4v) is 5.56. The Morgan fingerprint density at radius 3 is 2.62 bits per heavy atom. The Balaban J connectivity index is 1.61. The van der Waals surface area contributed by atoms with Crippen LogP contribution < -0.4 is 10.2 Å². The molecule has 2 saturated heterocycles. The first-order valence-corrected chi connectivity index (χ1v) is 11.9. The fourth-order valence-electron chi connectivity index (χ4n) is 5.44. The number of nitrogens with zero attached hydrogens (tertiary/aromatic N) is 4. The number of carbonyl (C=O) groups excluding carboxylic acids is 1. The van der Waals surface area contributed by atoms with Gasteiger partial charge in [0.05, 0.1) is 11.6 Å². The zero-order chi connectivity index (χ0) is 24.3. The normalized spacial score (nSPS) is 22.9. The van der Waals surface area contributed by atoms with Crippen molar-refractivity contribution in [3.8, 4) is 6.07 Å². The molecular formula is C25H28ClN5O3. The van der Waals surface area contributed by atoms with E-state index in [4.69, 9.17) is 11.6 Å². The summed E-state index contributed by atoms with van der Waals surface area (Å²) in [6.45, 7) is 4.03. The summed E-state index contributed by atoms with van der Waals surface area (Å²) in [6.07, 6.45) is 1.73. The maximum atomic E-state index is 14.2. The van der Waals surface area contributed by atoms with Crippen molar-refractivity contribution in [2.75, 3.05) is 37.6 Å². The Morgan fingerprint density at radius 2 is 2.00 bits per heavy atom. The van der Waals surface area contributed by atoms with Gasteiger partial charge in [-0.15, -0.1) is 0 Å². The van der Waals surface area contributed by atoms with E-state index in [0.717, 1.165) is 11.4 Å². The molecule has 1 aromatic heterocycles. The number of piperidine rings is 1. The maximum absolute atomic E-state index is 14.2. The minimum atomic E-state index is -1.18. The molecule has 0 aliphatic carbocycles. The minimum absolute atomic E-state index is 0.0277. The second kappa shape index (κ2) is 10.00. The van der Waals surface area contributed by atoms with E-state index < -0.39 is 11.6 Å². The van der Waals surface area contributed by atoms with Gasteiger partial charge in [-0.3, -0.25) is 9.69 Å². The van der Waals surface area contributed by atoms with Crippen LogP contribution in [0, 0.1) is 17.2 Å². The van der Waals surface area contributed by atoms with Crippen molar-refractivity contribution in [1.29, 1.82) is 5.26 Å². The molecule has 2 atom stereocenters. The summed E-state index contributed by atoms with van der Waals surface area (Å²) in [4.78, 5) is 34.3. The van der Waals surface area contributed by atoms with Gasteiger partial charge in [-0.1, -0.05) is 23.7 Å². The van der Waals surface area contributed by atoms with E-state index in [1.807, 2.05) is 12.1 Å². The average Bonchev–Trinajstić information content (AvgIpc) is 3.30. The van der Waals surface area contributed by atoms with Gasteiger partial charge in [-0.05, 0) is 49.6 Å². The number of halogens is 1. The standard InChI is InChI=1S/C25H28ClN5O3/c1-2-31(24(33)34)25(16-28-15-21(25)18-3-5-20(26)6-4-18)23(32)19-8-11-30(12-9-19)22-13-17(14-27)7-10-29-22/h3-7,10,13,19,21,28H,2,8-9,11-12,15-16H2,1H3,(H,33,34)/t21-,25+/m0/s1. The molecule has 2 aliphatic heterocycles. The number of likely N-dealkylation sites (N-methyl/N-ethyl adjacent to an activating group) is 1. The lowest BCUT2D eigenvalue weighted by atomic mass is 9.71. The molecule has 1 aromatic carbocycles. The number of carbonyl (C=O) groups is 2. The number of nitrogens with one attached hydrogen (secondary N) is 1. The first-order chi connectivity index (χ1) is 16.4. The van der Waals surface area contributed by atoms with Gasteiger partial charge in [-0.2, -0.15) is 5.26 Å². The molecule has 0 saturated carbocycles. The van der Waals surface area contributed by atoms with Crippen LogP contribution in [0.2, 0.25) is 5.02 Å². The monoisotopic (exact) mass is 481 g/mol. The molecule has 0 spiro atoms. The number of carboxylic acid groups (broad SMARTS) is 1. The summed E-state index contributed by atoms with van der Waals surface area (Å²) < 4.78 is 0. The number of aromatic nitrogens is 1. The molecule has 8 nitrogen and oxygen atoms in total. The van der Waals surface area contributed by atoms with E-state index in [1.54, 1.807) is 37.4 Å². The largest absolute Gasteiger partial charge is 0.465 e.